The van der Waals surface area contributed by atoms with Crippen LogP contribution in [0.3, 0.4) is 0 Å². The average Bonchev–Trinajstić information content (AvgIpc) is 3.07. The number of ketones is 1. The van der Waals surface area contributed by atoms with Crippen LogP contribution in [0.2, 0.25) is 0 Å². The summed E-state index contributed by atoms with van der Waals surface area (Å²) in [5.74, 6) is 3.13. The van der Waals surface area contributed by atoms with Gasteiger partial charge in [0, 0.05) is 28.0 Å². The molecule has 120 valence electrons. The van der Waals surface area contributed by atoms with E-state index >= 15 is 0 Å². The van der Waals surface area contributed by atoms with E-state index < -0.39 is 0 Å². The summed E-state index contributed by atoms with van der Waals surface area (Å²) in [6.07, 6.45) is 1.70. The average molecular weight is 318 g/mol. The van der Waals surface area contributed by atoms with Gasteiger partial charge in [0.2, 0.25) is 0 Å². The molecule has 2 rings (SSSR count). The van der Waals surface area contributed by atoms with Crippen LogP contribution in [0, 0.1) is 5.92 Å². The predicted molar refractivity (Wildman–Crippen MR) is 92.8 cm³/mol. The molecule has 0 N–H and O–H groups in total. The Morgan fingerprint density at radius 2 is 1.82 bits per heavy atom. The monoisotopic (exact) mass is 318 g/mol. The fraction of sp³-hybridized carbons (Fsp3) is 0.526. The van der Waals surface area contributed by atoms with Crippen molar-refractivity contribution in [3.8, 4) is 0 Å². The molecule has 22 heavy (non-hydrogen) atoms. The summed E-state index contributed by atoms with van der Waals surface area (Å²) < 4.78 is 5.95. The first-order valence-electron chi connectivity index (χ1n) is 8.04. The highest BCUT2D eigenvalue weighted by molar-refractivity contribution is 7.12. The van der Waals surface area contributed by atoms with Gasteiger partial charge in [-0.2, -0.15) is 0 Å². The minimum Gasteiger partial charge on any atom is -0.466 e. The quantitative estimate of drug-likeness (QED) is 0.667. The lowest BCUT2D eigenvalue weighted by Crippen LogP contribution is -2.08. The zero-order chi connectivity index (χ0) is 16.3. The second-order valence-corrected chi connectivity index (χ2v) is 7.78. The molecule has 2 atom stereocenters. The maximum absolute atomic E-state index is 11.3. The maximum atomic E-state index is 11.3. The highest BCUT2D eigenvalue weighted by atomic mass is 32.1. The van der Waals surface area contributed by atoms with Gasteiger partial charge in [0.1, 0.15) is 17.3 Å². The molecule has 0 aliphatic rings. The van der Waals surface area contributed by atoms with Crippen molar-refractivity contribution in [2.45, 2.75) is 59.3 Å². The first-order valence-corrected chi connectivity index (χ1v) is 8.86. The molecule has 2 aromatic heterocycles. The van der Waals surface area contributed by atoms with Crippen LogP contribution in [-0.2, 0) is 17.6 Å². The zero-order valence-corrected chi connectivity index (χ0v) is 15.0. The molecule has 0 amide bonds. The first kappa shape index (κ1) is 17.0. The van der Waals surface area contributed by atoms with Crippen LogP contribution < -0.4 is 0 Å². The van der Waals surface area contributed by atoms with Crippen LogP contribution in [0.15, 0.2) is 28.7 Å². The molecule has 0 bridgehead atoms. The van der Waals surface area contributed by atoms with Crippen molar-refractivity contribution >= 4 is 17.1 Å². The van der Waals surface area contributed by atoms with Gasteiger partial charge in [0.05, 0.1) is 0 Å². The van der Waals surface area contributed by atoms with E-state index in [2.05, 4.69) is 39.0 Å². The number of hydrogen-bond acceptors (Lipinski definition) is 3. The molecule has 2 unspecified atom stereocenters. The lowest BCUT2D eigenvalue weighted by Gasteiger charge is -2.08. The number of thiophene rings is 1. The van der Waals surface area contributed by atoms with Gasteiger partial charge < -0.3 is 4.42 Å². The molecule has 0 aromatic carbocycles. The Morgan fingerprint density at radius 1 is 1.09 bits per heavy atom. The van der Waals surface area contributed by atoms with Crippen LogP contribution >= 0.6 is 11.3 Å². The number of Topliss-reactive ketones (excluding diaryl/α,β-unsaturated/α-hetero) is 1. The lowest BCUT2D eigenvalue weighted by atomic mass is 10.0. The minimum absolute atomic E-state index is 0.0280. The highest BCUT2D eigenvalue weighted by Crippen LogP contribution is 2.29. The van der Waals surface area contributed by atoms with E-state index in [1.165, 1.54) is 9.75 Å². The van der Waals surface area contributed by atoms with E-state index in [1.807, 2.05) is 24.3 Å². The van der Waals surface area contributed by atoms with Crippen LogP contribution in [-0.4, -0.2) is 5.78 Å². The van der Waals surface area contributed by atoms with Crippen molar-refractivity contribution in [1.82, 2.24) is 0 Å². The second kappa shape index (κ2) is 7.28. The van der Waals surface area contributed by atoms with Crippen molar-refractivity contribution in [3.63, 3.8) is 0 Å². The normalized spacial score (nSPS) is 14.3. The molecule has 0 saturated heterocycles. The van der Waals surface area contributed by atoms with Gasteiger partial charge in [0.15, 0.2) is 0 Å². The highest BCUT2D eigenvalue weighted by Gasteiger charge is 2.16. The van der Waals surface area contributed by atoms with Gasteiger partial charge in [0.25, 0.3) is 0 Å². The van der Waals surface area contributed by atoms with Crippen LogP contribution in [0.5, 0.6) is 0 Å². The third-order valence-electron chi connectivity index (χ3n) is 4.13. The van der Waals surface area contributed by atoms with E-state index in [0.717, 1.165) is 17.9 Å². The second-order valence-electron chi connectivity index (χ2n) is 6.58. The van der Waals surface area contributed by atoms with Gasteiger partial charge in [-0.05, 0) is 43.5 Å². The van der Waals surface area contributed by atoms with Gasteiger partial charge in [-0.25, -0.2) is 0 Å². The molecule has 0 aliphatic carbocycles. The van der Waals surface area contributed by atoms with E-state index in [-0.39, 0.29) is 11.7 Å². The molecule has 0 fully saturated rings. The smallest absolute Gasteiger partial charge is 0.133 e. The summed E-state index contributed by atoms with van der Waals surface area (Å²) in [5, 5.41) is 0. The Morgan fingerprint density at radius 3 is 2.41 bits per heavy atom. The Hall–Kier alpha value is -1.35. The van der Waals surface area contributed by atoms with Crippen molar-refractivity contribution in [1.29, 1.82) is 0 Å². The van der Waals surface area contributed by atoms with Crippen molar-refractivity contribution in [2.24, 2.45) is 5.92 Å². The fourth-order valence-electron chi connectivity index (χ4n) is 2.43. The van der Waals surface area contributed by atoms with Crippen molar-refractivity contribution < 1.29 is 9.21 Å². The molecule has 0 aliphatic heterocycles. The Labute approximate surface area is 137 Å². The van der Waals surface area contributed by atoms with E-state index in [4.69, 9.17) is 4.42 Å². The van der Waals surface area contributed by atoms with Crippen LogP contribution in [0.1, 0.15) is 67.7 Å². The molecule has 0 radical (unpaired) electrons. The topological polar surface area (TPSA) is 30.2 Å². The summed E-state index contributed by atoms with van der Waals surface area (Å²) in [5.41, 5.74) is 0. The van der Waals surface area contributed by atoms with Gasteiger partial charge >= 0.3 is 0 Å². The zero-order valence-electron chi connectivity index (χ0n) is 14.2. The van der Waals surface area contributed by atoms with E-state index in [1.54, 1.807) is 6.92 Å². The molecule has 0 saturated carbocycles. The number of carbonyl (C=O) groups is 1. The lowest BCUT2D eigenvalue weighted by molar-refractivity contribution is -0.120. The Bertz CT molecular complexity index is 621. The van der Waals surface area contributed by atoms with Gasteiger partial charge in [-0.15, -0.1) is 11.3 Å². The Balaban J connectivity index is 1.99. The number of furan rings is 1. The third-order valence-corrected chi connectivity index (χ3v) is 5.54. The predicted octanol–water partition coefficient (Wildman–Crippen LogP) is 5.58. The number of carbonyl (C=O) groups excluding carboxylic acids is 1. The van der Waals surface area contributed by atoms with Gasteiger partial charge in [-0.3, -0.25) is 4.79 Å². The van der Waals surface area contributed by atoms with Gasteiger partial charge in [-0.1, -0.05) is 27.7 Å². The summed E-state index contributed by atoms with van der Waals surface area (Å²) in [7, 11) is 0. The molecular formula is C19H26O2S. The fourth-order valence-corrected chi connectivity index (χ4v) is 3.58. The summed E-state index contributed by atoms with van der Waals surface area (Å²) >= 11 is 1.90. The van der Waals surface area contributed by atoms with Crippen molar-refractivity contribution in [2.75, 3.05) is 0 Å². The molecule has 2 heterocycles. The summed E-state index contributed by atoms with van der Waals surface area (Å²) in [4.78, 5) is 14.2. The minimum atomic E-state index is 0.0280. The Kier molecular flexibility index (Phi) is 5.63. The molecule has 3 heteroatoms. The summed E-state index contributed by atoms with van der Waals surface area (Å²) in [6.45, 7) is 10.3. The van der Waals surface area contributed by atoms with Crippen molar-refractivity contribution in [3.05, 3.63) is 45.5 Å². The van der Waals surface area contributed by atoms with E-state index in [9.17, 15) is 4.79 Å². The molecule has 2 aromatic rings. The standard InChI is InChI=1S/C19H26O2S/c1-12(2)19-9-7-17(22-19)11-14(4)18-8-6-16(21-18)10-13(3)15(5)20/h6-9,12-14H,10-11H2,1-5H3. The number of rotatable bonds is 7. The molecular weight excluding hydrogens is 292 g/mol. The first-order chi connectivity index (χ1) is 10.4. The largest absolute Gasteiger partial charge is 0.466 e. The molecule has 0 spiro atoms. The van der Waals surface area contributed by atoms with Crippen LogP contribution in [0.25, 0.3) is 0 Å². The number of hydrogen-bond donors (Lipinski definition) is 0. The van der Waals surface area contributed by atoms with E-state index in [0.29, 0.717) is 18.3 Å². The molecule has 2 nitrogen and oxygen atoms in total. The third kappa shape index (κ3) is 4.33. The van der Waals surface area contributed by atoms with Crippen LogP contribution in [0.4, 0.5) is 0 Å². The summed E-state index contributed by atoms with van der Waals surface area (Å²) in [6, 6.07) is 8.54. The SMILES string of the molecule is CC(=O)C(C)Cc1ccc(C(C)Cc2ccc(C(C)C)s2)o1. The maximum Gasteiger partial charge on any atom is 0.133 e.